The van der Waals surface area contributed by atoms with Gasteiger partial charge in [-0.1, -0.05) is 24.4 Å². The van der Waals surface area contributed by atoms with Crippen LogP contribution >= 0.6 is 0 Å². The Morgan fingerprint density at radius 3 is 2.80 bits per heavy atom. The smallest absolute Gasteiger partial charge is 0.227 e. The quantitative estimate of drug-likeness (QED) is 0.836. The lowest BCUT2D eigenvalue weighted by molar-refractivity contribution is -0.138. The summed E-state index contributed by atoms with van der Waals surface area (Å²) < 4.78 is 5.35. The van der Waals surface area contributed by atoms with E-state index in [9.17, 15) is 4.79 Å². The Hall–Kier alpha value is -2.24. The Morgan fingerprint density at radius 2 is 2.04 bits per heavy atom. The summed E-state index contributed by atoms with van der Waals surface area (Å²) in [5, 5.41) is 4.02. The molecule has 0 N–H and O–H groups in total. The Balaban J connectivity index is 1.24. The summed E-state index contributed by atoms with van der Waals surface area (Å²) in [5.74, 6) is 2.58. The Labute approximate surface area is 147 Å². The highest BCUT2D eigenvalue weighted by Crippen LogP contribution is 2.29. The van der Waals surface area contributed by atoms with Gasteiger partial charge in [-0.2, -0.15) is 4.98 Å². The van der Waals surface area contributed by atoms with Gasteiger partial charge in [-0.15, -0.1) is 0 Å². The third-order valence-electron chi connectivity index (χ3n) is 5.35. The molecule has 2 aliphatic rings. The highest BCUT2D eigenvalue weighted by Gasteiger charge is 2.33. The maximum absolute atomic E-state index is 12.3. The molecule has 0 radical (unpaired) electrons. The van der Waals surface area contributed by atoms with E-state index in [1.54, 1.807) is 12.4 Å². The Bertz CT molecular complexity index is 703. The normalized spacial score (nSPS) is 19.0. The third-order valence-corrected chi connectivity index (χ3v) is 5.35. The van der Waals surface area contributed by atoms with Gasteiger partial charge < -0.3 is 9.42 Å². The molecule has 2 aromatic heterocycles. The standard InChI is InChI=1S/C19H24N4O2/c24-18(10-14-5-2-1-3-6-14)23-12-15(13-23)9-17-21-19(22-25-17)16-7-4-8-20-11-16/h4,7-8,11,14-15H,1-3,5-6,9-10,12-13H2. The highest BCUT2D eigenvalue weighted by molar-refractivity contribution is 5.77. The summed E-state index contributed by atoms with van der Waals surface area (Å²) in [7, 11) is 0. The molecule has 0 atom stereocenters. The van der Waals surface area contributed by atoms with Gasteiger partial charge in [0.2, 0.25) is 17.6 Å². The van der Waals surface area contributed by atoms with E-state index in [0.29, 0.717) is 29.5 Å². The number of hydrogen-bond acceptors (Lipinski definition) is 5. The number of likely N-dealkylation sites (tertiary alicyclic amines) is 1. The molecule has 6 nitrogen and oxygen atoms in total. The van der Waals surface area contributed by atoms with Gasteiger partial charge in [-0.05, 0) is 30.9 Å². The minimum Gasteiger partial charge on any atom is -0.342 e. The summed E-state index contributed by atoms with van der Waals surface area (Å²) in [5.41, 5.74) is 0.857. The van der Waals surface area contributed by atoms with Crippen LogP contribution in [0.5, 0.6) is 0 Å². The summed E-state index contributed by atoms with van der Waals surface area (Å²) >= 11 is 0. The lowest BCUT2D eigenvalue weighted by Crippen LogP contribution is -2.51. The Morgan fingerprint density at radius 1 is 1.20 bits per heavy atom. The molecule has 1 aliphatic carbocycles. The molecule has 3 heterocycles. The molecule has 1 saturated heterocycles. The predicted molar refractivity (Wildman–Crippen MR) is 92.5 cm³/mol. The molecule has 2 aromatic rings. The van der Waals surface area contributed by atoms with Crippen molar-refractivity contribution >= 4 is 5.91 Å². The van der Waals surface area contributed by atoms with Crippen LogP contribution in [0.25, 0.3) is 11.4 Å². The average molecular weight is 340 g/mol. The van der Waals surface area contributed by atoms with Crippen LogP contribution in [-0.2, 0) is 11.2 Å². The van der Waals surface area contributed by atoms with Crippen LogP contribution in [-0.4, -0.2) is 39.0 Å². The van der Waals surface area contributed by atoms with E-state index in [1.807, 2.05) is 17.0 Å². The maximum Gasteiger partial charge on any atom is 0.227 e. The lowest BCUT2D eigenvalue weighted by Gasteiger charge is -2.39. The lowest BCUT2D eigenvalue weighted by atomic mass is 9.86. The summed E-state index contributed by atoms with van der Waals surface area (Å²) in [6.07, 6.45) is 11.3. The van der Waals surface area contributed by atoms with Crippen LogP contribution < -0.4 is 0 Å². The van der Waals surface area contributed by atoms with Crippen LogP contribution in [0.2, 0.25) is 0 Å². The van der Waals surface area contributed by atoms with Gasteiger partial charge in [0.05, 0.1) is 0 Å². The summed E-state index contributed by atoms with van der Waals surface area (Å²) in [6, 6.07) is 3.77. The zero-order valence-corrected chi connectivity index (χ0v) is 14.4. The number of pyridine rings is 1. The van der Waals surface area contributed by atoms with E-state index in [1.165, 1.54) is 32.1 Å². The van der Waals surface area contributed by atoms with Crippen LogP contribution in [0, 0.1) is 11.8 Å². The maximum atomic E-state index is 12.3. The number of hydrogen-bond donors (Lipinski definition) is 0. The highest BCUT2D eigenvalue weighted by atomic mass is 16.5. The predicted octanol–water partition coefficient (Wildman–Crippen LogP) is 3.10. The number of carbonyl (C=O) groups is 1. The zero-order valence-electron chi connectivity index (χ0n) is 14.4. The number of carbonyl (C=O) groups excluding carboxylic acids is 1. The largest absolute Gasteiger partial charge is 0.342 e. The van der Waals surface area contributed by atoms with Crippen molar-refractivity contribution < 1.29 is 9.32 Å². The van der Waals surface area contributed by atoms with Crippen LogP contribution in [0.3, 0.4) is 0 Å². The molecule has 132 valence electrons. The monoisotopic (exact) mass is 340 g/mol. The first kappa shape index (κ1) is 16.2. The van der Waals surface area contributed by atoms with Gasteiger partial charge in [-0.3, -0.25) is 9.78 Å². The van der Waals surface area contributed by atoms with Gasteiger partial charge in [0.1, 0.15) is 0 Å². The second kappa shape index (κ2) is 7.33. The van der Waals surface area contributed by atoms with Crippen molar-refractivity contribution in [1.29, 1.82) is 0 Å². The van der Waals surface area contributed by atoms with E-state index in [-0.39, 0.29) is 0 Å². The van der Waals surface area contributed by atoms with E-state index in [4.69, 9.17) is 4.52 Å². The van der Waals surface area contributed by atoms with Crippen LogP contribution in [0.1, 0.15) is 44.4 Å². The van der Waals surface area contributed by atoms with Crippen molar-refractivity contribution in [2.75, 3.05) is 13.1 Å². The molecular formula is C19H24N4O2. The van der Waals surface area contributed by atoms with Crippen molar-refractivity contribution in [3.05, 3.63) is 30.4 Å². The van der Waals surface area contributed by atoms with E-state index in [2.05, 4.69) is 15.1 Å². The van der Waals surface area contributed by atoms with Gasteiger partial charge in [0, 0.05) is 49.8 Å². The molecule has 1 amide bonds. The number of amides is 1. The fraction of sp³-hybridized carbons (Fsp3) is 0.579. The summed E-state index contributed by atoms with van der Waals surface area (Å²) in [4.78, 5) is 22.8. The molecule has 1 saturated carbocycles. The second-order valence-corrected chi connectivity index (χ2v) is 7.33. The van der Waals surface area contributed by atoms with Crippen molar-refractivity contribution in [3.63, 3.8) is 0 Å². The van der Waals surface area contributed by atoms with E-state index >= 15 is 0 Å². The van der Waals surface area contributed by atoms with Crippen molar-refractivity contribution in [3.8, 4) is 11.4 Å². The molecular weight excluding hydrogens is 316 g/mol. The molecule has 2 fully saturated rings. The molecule has 0 bridgehead atoms. The van der Waals surface area contributed by atoms with Gasteiger partial charge in [0.25, 0.3) is 0 Å². The zero-order chi connectivity index (χ0) is 17.1. The van der Waals surface area contributed by atoms with E-state index in [0.717, 1.165) is 31.5 Å². The third kappa shape index (κ3) is 3.89. The van der Waals surface area contributed by atoms with Crippen molar-refractivity contribution in [1.82, 2.24) is 20.0 Å². The topological polar surface area (TPSA) is 72.1 Å². The average Bonchev–Trinajstić information content (AvgIpc) is 3.08. The SMILES string of the molecule is O=C(CC1CCCCC1)N1CC(Cc2nc(-c3cccnc3)no2)C1. The minimum absolute atomic E-state index is 0.324. The molecule has 0 unspecified atom stereocenters. The molecule has 0 aromatic carbocycles. The fourth-order valence-electron chi connectivity index (χ4n) is 3.87. The first-order valence-corrected chi connectivity index (χ1v) is 9.28. The van der Waals surface area contributed by atoms with Gasteiger partial charge in [-0.25, -0.2) is 0 Å². The molecule has 25 heavy (non-hydrogen) atoms. The minimum atomic E-state index is 0.324. The van der Waals surface area contributed by atoms with Crippen molar-refractivity contribution in [2.45, 2.75) is 44.9 Å². The molecule has 1 aliphatic heterocycles. The second-order valence-electron chi connectivity index (χ2n) is 7.33. The number of rotatable bonds is 5. The van der Waals surface area contributed by atoms with Crippen LogP contribution in [0.15, 0.2) is 29.0 Å². The fourth-order valence-corrected chi connectivity index (χ4v) is 3.87. The number of nitrogens with zero attached hydrogens (tertiary/aromatic N) is 4. The first-order chi connectivity index (χ1) is 12.3. The molecule has 0 spiro atoms. The van der Waals surface area contributed by atoms with Crippen LogP contribution in [0.4, 0.5) is 0 Å². The van der Waals surface area contributed by atoms with Gasteiger partial charge >= 0.3 is 0 Å². The summed E-state index contributed by atoms with van der Waals surface area (Å²) in [6.45, 7) is 1.63. The Kier molecular flexibility index (Phi) is 4.76. The number of aromatic nitrogens is 3. The van der Waals surface area contributed by atoms with Gasteiger partial charge in [0.15, 0.2) is 0 Å². The van der Waals surface area contributed by atoms with E-state index < -0.39 is 0 Å². The molecule has 4 rings (SSSR count). The molecule has 6 heteroatoms. The van der Waals surface area contributed by atoms with Crippen molar-refractivity contribution in [2.24, 2.45) is 11.8 Å². The first-order valence-electron chi connectivity index (χ1n) is 9.28.